The first-order valence-electron chi connectivity index (χ1n) is 8.11. The van der Waals surface area contributed by atoms with Gasteiger partial charge < -0.3 is 14.4 Å². The fraction of sp³-hybridized carbons (Fsp3) is 0.389. The number of carbonyl (C=O) groups is 1. The first-order chi connectivity index (χ1) is 12.0. The number of benzene rings is 1. The number of hydrogen-bond acceptors (Lipinski definition) is 5. The van der Waals surface area contributed by atoms with E-state index in [1.165, 1.54) is 24.3 Å². The number of amides is 1. The van der Waals surface area contributed by atoms with Crippen molar-refractivity contribution < 1.29 is 18.7 Å². The molecule has 1 aromatic carbocycles. The van der Waals surface area contributed by atoms with E-state index in [-0.39, 0.29) is 24.4 Å². The van der Waals surface area contributed by atoms with E-state index in [1.807, 2.05) is 19.9 Å². The molecular formula is C18H20FN3O3. The van der Waals surface area contributed by atoms with Crippen LogP contribution in [0.2, 0.25) is 0 Å². The monoisotopic (exact) mass is 345 g/mol. The van der Waals surface area contributed by atoms with Gasteiger partial charge in [-0.1, -0.05) is 0 Å². The van der Waals surface area contributed by atoms with Crippen molar-refractivity contribution in [2.45, 2.75) is 20.0 Å². The summed E-state index contributed by atoms with van der Waals surface area (Å²) in [7, 11) is 0. The Labute approximate surface area is 145 Å². The maximum Gasteiger partial charge on any atom is 0.260 e. The summed E-state index contributed by atoms with van der Waals surface area (Å²) in [6.07, 6.45) is -0.274. The van der Waals surface area contributed by atoms with Crippen LogP contribution in [0.5, 0.6) is 5.75 Å². The van der Waals surface area contributed by atoms with Gasteiger partial charge in [0.2, 0.25) is 0 Å². The second kappa shape index (κ2) is 7.57. The number of hydrogen-bond donors (Lipinski definition) is 0. The number of carbonyl (C=O) groups excluding carboxylic acids is 1. The third-order valence-corrected chi connectivity index (χ3v) is 3.91. The van der Waals surface area contributed by atoms with Crippen molar-refractivity contribution in [1.82, 2.24) is 14.9 Å². The predicted molar refractivity (Wildman–Crippen MR) is 88.7 cm³/mol. The van der Waals surface area contributed by atoms with Crippen molar-refractivity contribution in [3.63, 3.8) is 0 Å². The molecule has 0 bridgehead atoms. The van der Waals surface area contributed by atoms with E-state index in [4.69, 9.17) is 9.47 Å². The molecule has 1 aliphatic heterocycles. The Morgan fingerprint density at radius 1 is 1.32 bits per heavy atom. The lowest BCUT2D eigenvalue weighted by Gasteiger charge is -2.32. The SMILES string of the molecule is Cc1cc([C@H]2CN(C(=O)COc3ccc(F)cc3)CCO2)nc(C)n1. The average Bonchev–Trinajstić information content (AvgIpc) is 2.60. The van der Waals surface area contributed by atoms with Crippen LogP contribution in [0, 0.1) is 19.7 Å². The van der Waals surface area contributed by atoms with Gasteiger partial charge in [-0.15, -0.1) is 0 Å². The van der Waals surface area contributed by atoms with Crippen LogP contribution in [0.25, 0.3) is 0 Å². The average molecular weight is 345 g/mol. The van der Waals surface area contributed by atoms with E-state index in [2.05, 4.69) is 9.97 Å². The zero-order valence-corrected chi connectivity index (χ0v) is 14.2. The Hall–Kier alpha value is -2.54. The third kappa shape index (κ3) is 4.51. The van der Waals surface area contributed by atoms with Gasteiger partial charge in [-0.2, -0.15) is 0 Å². The van der Waals surface area contributed by atoms with Gasteiger partial charge in [0.1, 0.15) is 23.5 Å². The van der Waals surface area contributed by atoms with Crippen LogP contribution in [-0.4, -0.2) is 47.1 Å². The predicted octanol–water partition coefficient (Wildman–Crippen LogP) is 2.21. The molecule has 0 N–H and O–H groups in total. The number of aromatic nitrogens is 2. The molecule has 0 unspecified atom stereocenters. The van der Waals surface area contributed by atoms with Gasteiger partial charge in [0.05, 0.1) is 18.8 Å². The molecule has 6 nitrogen and oxygen atoms in total. The molecule has 1 aliphatic rings. The Bertz CT molecular complexity index is 731. The molecule has 1 aromatic heterocycles. The normalized spacial score (nSPS) is 17.4. The van der Waals surface area contributed by atoms with E-state index >= 15 is 0 Å². The molecule has 0 spiro atoms. The smallest absolute Gasteiger partial charge is 0.260 e. The molecule has 7 heteroatoms. The second-order valence-electron chi connectivity index (χ2n) is 5.92. The number of ether oxygens (including phenoxy) is 2. The highest BCUT2D eigenvalue weighted by Crippen LogP contribution is 2.21. The van der Waals surface area contributed by atoms with Crippen LogP contribution in [0.4, 0.5) is 4.39 Å². The first kappa shape index (κ1) is 17.3. The Morgan fingerprint density at radius 3 is 2.80 bits per heavy atom. The minimum absolute atomic E-state index is 0.0970. The molecule has 1 atom stereocenters. The van der Waals surface area contributed by atoms with Gasteiger partial charge in [-0.05, 0) is 44.2 Å². The van der Waals surface area contributed by atoms with Gasteiger partial charge >= 0.3 is 0 Å². The van der Waals surface area contributed by atoms with Crippen LogP contribution in [0.3, 0.4) is 0 Å². The highest BCUT2D eigenvalue weighted by atomic mass is 19.1. The molecule has 2 aromatic rings. The molecule has 3 rings (SSSR count). The van der Waals surface area contributed by atoms with Crippen LogP contribution < -0.4 is 4.74 Å². The zero-order chi connectivity index (χ0) is 17.8. The minimum atomic E-state index is -0.342. The van der Waals surface area contributed by atoms with Crippen molar-refractivity contribution >= 4 is 5.91 Å². The molecule has 1 amide bonds. The number of aryl methyl sites for hydroxylation is 2. The molecule has 0 radical (unpaired) electrons. The maximum absolute atomic E-state index is 12.9. The first-order valence-corrected chi connectivity index (χ1v) is 8.11. The minimum Gasteiger partial charge on any atom is -0.484 e. The van der Waals surface area contributed by atoms with E-state index in [0.29, 0.717) is 31.3 Å². The Kier molecular flexibility index (Phi) is 5.23. The third-order valence-electron chi connectivity index (χ3n) is 3.91. The summed E-state index contributed by atoms with van der Waals surface area (Å²) in [5.41, 5.74) is 1.65. The molecule has 0 saturated carbocycles. The van der Waals surface area contributed by atoms with Gasteiger partial charge in [-0.3, -0.25) is 4.79 Å². The second-order valence-corrected chi connectivity index (χ2v) is 5.92. The highest BCUT2D eigenvalue weighted by molar-refractivity contribution is 5.77. The Morgan fingerprint density at radius 2 is 2.08 bits per heavy atom. The maximum atomic E-state index is 12.9. The van der Waals surface area contributed by atoms with E-state index in [9.17, 15) is 9.18 Å². The van der Waals surface area contributed by atoms with Crippen molar-refractivity contribution in [2.24, 2.45) is 0 Å². The van der Waals surface area contributed by atoms with E-state index in [1.54, 1.807) is 4.90 Å². The molecule has 1 fully saturated rings. The summed E-state index contributed by atoms with van der Waals surface area (Å²) in [6.45, 7) is 5.00. The van der Waals surface area contributed by atoms with E-state index in [0.717, 1.165) is 11.4 Å². The summed E-state index contributed by atoms with van der Waals surface area (Å²) in [4.78, 5) is 22.8. The van der Waals surface area contributed by atoms with Crippen molar-refractivity contribution in [3.05, 3.63) is 53.4 Å². The molecule has 2 heterocycles. The lowest BCUT2D eigenvalue weighted by atomic mass is 10.1. The summed E-state index contributed by atoms with van der Waals surface area (Å²) in [6, 6.07) is 7.46. The van der Waals surface area contributed by atoms with Crippen LogP contribution >= 0.6 is 0 Å². The van der Waals surface area contributed by atoms with Gasteiger partial charge in [0.25, 0.3) is 5.91 Å². The summed E-state index contributed by atoms with van der Waals surface area (Å²) in [5, 5.41) is 0. The van der Waals surface area contributed by atoms with Crippen LogP contribution in [-0.2, 0) is 9.53 Å². The molecule has 0 aliphatic carbocycles. The lowest BCUT2D eigenvalue weighted by molar-refractivity contribution is -0.141. The fourth-order valence-corrected chi connectivity index (χ4v) is 2.73. The largest absolute Gasteiger partial charge is 0.484 e. The lowest BCUT2D eigenvalue weighted by Crippen LogP contribution is -2.44. The van der Waals surface area contributed by atoms with Crippen molar-refractivity contribution in [1.29, 1.82) is 0 Å². The number of nitrogens with zero attached hydrogens (tertiary/aromatic N) is 3. The van der Waals surface area contributed by atoms with Crippen LogP contribution in [0.1, 0.15) is 23.3 Å². The van der Waals surface area contributed by atoms with Gasteiger partial charge in [-0.25, -0.2) is 14.4 Å². The standard InChI is InChI=1S/C18H20FN3O3/c1-12-9-16(21-13(2)20-12)17-10-22(7-8-24-17)18(23)11-25-15-5-3-14(19)4-6-15/h3-6,9,17H,7-8,10-11H2,1-2H3/t17-/m1/s1. The van der Waals surface area contributed by atoms with Crippen LogP contribution in [0.15, 0.2) is 30.3 Å². The molecule has 1 saturated heterocycles. The number of rotatable bonds is 4. The summed E-state index contributed by atoms with van der Waals surface area (Å²) in [5.74, 6) is 0.661. The quantitative estimate of drug-likeness (QED) is 0.850. The summed E-state index contributed by atoms with van der Waals surface area (Å²) >= 11 is 0. The van der Waals surface area contributed by atoms with Crippen molar-refractivity contribution in [3.8, 4) is 5.75 Å². The van der Waals surface area contributed by atoms with Gasteiger partial charge in [0.15, 0.2) is 6.61 Å². The number of morpholine rings is 1. The van der Waals surface area contributed by atoms with Crippen molar-refractivity contribution in [2.75, 3.05) is 26.3 Å². The fourth-order valence-electron chi connectivity index (χ4n) is 2.73. The zero-order valence-electron chi connectivity index (χ0n) is 14.2. The molecule has 25 heavy (non-hydrogen) atoms. The van der Waals surface area contributed by atoms with E-state index < -0.39 is 0 Å². The number of halogens is 1. The highest BCUT2D eigenvalue weighted by Gasteiger charge is 2.27. The summed E-state index contributed by atoms with van der Waals surface area (Å²) < 4.78 is 24.1. The molecular weight excluding hydrogens is 325 g/mol. The Balaban J connectivity index is 1.60. The molecule has 132 valence electrons. The van der Waals surface area contributed by atoms with Gasteiger partial charge in [0, 0.05) is 12.2 Å². The topological polar surface area (TPSA) is 64.6 Å².